The molecule has 0 amide bonds. The first-order valence-corrected chi connectivity index (χ1v) is 4.98. The molecule has 0 bridgehead atoms. The minimum Gasteiger partial charge on any atom is -0.495 e. The number of hydrogen-bond donors (Lipinski definition) is 1. The second-order valence-electron chi connectivity index (χ2n) is 3.86. The molecule has 0 aliphatic heterocycles. The van der Waals surface area contributed by atoms with Gasteiger partial charge in [0.15, 0.2) is 0 Å². The molecule has 2 atom stereocenters. The highest BCUT2D eigenvalue weighted by Gasteiger charge is 2.44. The molecule has 0 saturated heterocycles. The third kappa shape index (κ3) is 1.72. The minimum absolute atomic E-state index is 0.0514. The van der Waals surface area contributed by atoms with Gasteiger partial charge in [-0.15, -0.1) is 0 Å². The van der Waals surface area contributed by atoms with E-state index in [1.54, 1.807) is 12.1 Å². The van der Waals surface area contributed by atoms with E-state index in [0.29, 0.717) is 17.7 Å². The molecule has 0 spiro atoms. The lowest BCUT2D eigenvalue weighted by atomic mass is 10.1. The SMILES string of the molecule is COc1ccc(C2CC2C(=O)O)cc1C#N. The molecule has 4 nitrogen and oxygen atoms in total. The summed E-state index contributed by atoms with van der Waals surface area (Å²) < 4.78 is 5.03. The number of aliphatic carboxylic acids is 1. The Labute approximate surface area is 93.1 Å². The molecule has 0 heterocycles. The molecule has 0 aromatic heterocycles. The second-order valence-corrected chi connectivity index (χ2v) is 3.86. The Morgan fingerprint density at radius 2 is 2.38 bits per heavy atom. The normalized spacial score (nSPS) is 22.2. The Hall–Kier alpha value is -2.02. The standard InChI is InChI=1S/C12H11NO3/c1-16-11-3-2-7(4-8(11)6-13)9-5-10(9)12(14)15/h2-4,9-10H,5H2,1H3,(H,14,15). The quantitative estimate of drug-likeness (QED) is 0.837. The fourth-order valence-electron chi connectivity index (χ4n) is 1.88. The fourth-order valence-corrected chi connectivity index (χ4v) is 1.88. The Balaban J connectivity index is 2.26. The van der Waals surface area contributed by atoms with Crippen LogP contribution in [-0.4, -0.2) is 18.2 Å². The average Bonchev–Trinajstić information content (AvgIpc) is 3.08. The molecule has 2 rings (SSSR count). The monoisotopic (exact) mass is 217 g/mol. The van der Waals surface area contributed by atoms with E-state index in [1.165, 1.54) is 7.11 Å². The molecule has 16 heavy (non-hydrogen) atoms. The number of nitriles is 1. The number of benzene rings is 1. The van der Waals surface area contributed by atoms with Gasteiger partial charge in [0.05, 0.1) is 18.6 Å². The zero-order valence-electron chi connectivity index (χ0n) is 8.80. The smallest absolute Gasteiger partial charge is 0.307 e. The number of carbonyl (C=O) groups is 1. The van der Waals surface area contributed by atoms with Gasteiger partial charge in [-0.2, -0.15) is 5.26 Å². The first-order valence-electron chi connectivity index (χ1n) is 4.98. The third-order valence-corrected chi connectivity index (χ3v) is 2.88. The molecular weight excluding hydrogens is 206 g/mol. The molecule has 1 fully saturated rings. The summed E-state index contributed by atoms with van der Waals surface area (Å²) in [6, 6.07) is 7.30. The van der Waals surface area contributed by atoms with Crippen LogP contribution in [0.5, 0.6) is 5.75 Å². The molecule has 1 N–H and O–H groups in total. The third-order valence-electron chi connectivity index (χ3n) is 2.88. The predicted octanol–water partition coefficient (Wildman–Crippen LogP) is 1.75. The van der Waals surface area contributed by atoms with Gasteiger partial charge in [0.1, 0.15) is 11.8 Å². The van der Waals surface area contributed by atoms with E-state index in [4.69, 9.17) is 15.1 Å². The van der Waals surface area contributed by atoms with E-state index in [-0.39, 0.29) is 11.8 Å². The van der Waals surface area contributed by atoms with Crippen LogP contribution in [0.4, 0.5) is 0 Å². The number of nitrogens with zero attached hydrogens (tertiary/aromatic N) is 1. The fraction of sp³-hybridized carbons (Fsp3) is 0.333. The molecule has 1 aliphatic carbocycles. The molecule has 1 aliphatic rings. The summed E-state index contributed by atoms with van der Waals surface area (Å²) in [6.45, 7) is 0. The highest BCUT2D eigenvalue weighted by molar-refractivity contribution is 5.75. The predicted molar refractivity (Wildman–Crippen MR) is 56.2 cm³/mol. The van der Waals surface area contributed by atoms with Gasteiger partial charge in [0.2, 0.25) is 0 Å². The van der Waals surface area contributed by atoms with Crippen molar-refractivity contribution in [1.82, 2.24) is 0 Å². The Kier molecular flexibility index (Phi) is 2.53. The molecule has 0 radical (unpaired) electrons. The van der Waals surface area contributed by atoms with Crippen LogP contribution in [0.15, 0.2) is 18.2 Å². The largest absolute Gasteiger partial charge is 0.495 e. The molecule has 1 aromatic rings. The van der Waals surface area contributed by atoms with E-state index in [0.717, 1.165) is 5.56 Å². The van der Waals surface area contributed by atoms with E-state index >= 15 is 0 Å². The highest BCUT2D eigenvalue weighted by Crippen LogP contribution is 2.48. The average molecular weight is 217 g/mol. The Morgan fingerprint density at radius 3 is 2.88 bits per heavy atom. The van der Waals surface area contributed by atoms with Crippen molar-refractivity contribution in [1.29, 1.82) is 5.26 Å². The number of ether oxygens (including phenoxy) is 1. The summed E-state index contributed by atoms with van der Waals surface area (Å²) in [5.41, 5.74) is 1.36. The minimum atomic E-state index is -0.765. The summed E-state index contributed by atoms with van der Waals surface area (Å²) in [7, 11) is 1.51. The van der Waals surface area contributed by atoms with E-state index in [9.17, 15) is 4.79 Å². The number of rotatable bonds is 3. The molecule has 2 unspecified atom stereocenters. The van der Waals surface area contributed by atoms with Crippen LogP contribution in [0.2, 0.25) is 0 Å². The van der Waals surface area contributed by atoms with E-state index in [1.807, 2.05) is 12.1 Å². The lowest BCUT2D eigenvalue weighted by molar-refractivity contribution is -0.138. The topological polar surface area (TPSA) is 70.3 Å². The Morgan fingerprint density at radius 1 is 1.62 bits per heavy atom. The summed E-state index contributed by atoms with van der Waals surface area (Å²) in [5, 5.41) is 17.7. The van der Waals surface area contributed by atoms with Gasteiger partial charge in [-0.25, -0.2) is 0 Å². The van der Waals surface area contributed by atoms with Crippen molar-refractivity contribution >= 4 is 5.97 Å². The van der Waals surface area contributed by atoms with Gasteiger partial charge in [0.25, 0.3) is 0 Å². The van der Waals surface area contributed by atoms with Crippen molar-refractivity contribution in [2.75, 3.05) is 7.11 Å². The van der Waals surface area contributed by atoms with Crippen LogP contribution in [-0.2, 0) is 4.79 Å². The number of hydrogen-bond acceptors (Lipinski definition) is 3. The van der Waals surface area contributed by atoms with Crippen LogP contribution in [0.25, 0.3) is 0 Å². The van der Waals surface area contributed by atoms with Gasteiger partial charge in [-0.3, -0.25) is 4.79 Å². The van der Waals surface area contributed by atoms with Crippen molar-refractivity contribution in [3.8, 4) is 11.8 Å². The Bertz CT molecular complexity index is 476. The maximum atomic E-state index is 10.7. The van der Waals surface area contributed by atoms with Gasteiger partial charge in [-0.1, -0.05) is 6.07 Å². The van der Waals surface area contributed by atoms with Crippen molar-refractivity contribution in [3.05, 3.63) is 29.3 Å². The lowest BCUT2D eigenvalue weighted by Gasteiger charge is -2.04. The van der Waals surface area contributed by atoms with Gasteiger partial charge in [-0.05, 0) is 30.0 Å². The molecule has 4 heteroatoms. The maximum Gasteiger partial charge on any atom is 0.307 e. The first kappa shape index (κ1) is 10.5. The number of carboxylic acids is 1. The van der Waals surface area contributed by atoms with Crippen molar-refractivity contribution < 1.29 is 14.6 Å². The van der Waals surface area contributed by atoms with Crippen LogP contribution in [0.1, 0.15) is 23.5 Å². The summed E-state index contributed by atoms with van der Waals surface area (Å²) in [4.78, 5) is 10.7. The van der Waals surface area contributed by atoms with Crippen LogP contribution in [0, 0.1) is 17.2 Å². The van der Waals surface area contributed by atoms with E-state index < -0.39 is 5.97 Å². The molecular formula is C12H11NO3. The summed E-state index contributed by atoms with van der Waals surface area (Å²) in [5.74, 6) is -0.478. The molecule has 1 aromatic carbocycles. The van der Waals surface area contributed by atoms with Gasteiger partial charge >= 0.3 is 5.97 Å². The van der Waals surface area contributed by atoms with Gasteiger partial charge < -0.3 is 9.84 Å². The zero-order chi connectivity index (χ0) is 11.7. The summed E-state index contributed by atoms with van der Waals surface area (Å²) >= 11 is 0. The van der Waals surface area contributed by atoms with Crippen LogP contribution < -0.4 is 4.74 Å². The summed E-state index contributed by atoms with van der Waals surface area (Å²) in [6.07, 6.45) is 0.659. The van der Waals surface area contributed by atoms with Crippen molar-refractivity contribution in [3.63, 3.8) is 0 Å². The van der Waals surface area contributed by atoms with Gasteiger partial charge in [0, 0.05) is 0 Å². The van der Waals surface area contributed by atoms with Crippen molar-refractivity contribution in [2.24, 2.45) is 5.92 Å². The lowest BCUT2D eigenvalue weighted by Crippen LogP contribution is -1.99. The molecule has 82 valence electrons. The second kappa shape index (κ2) is 3.86. The number of carboxylic acid groups (broad SMARTS) is 1. The number of methoxy groups -OCH3 is 1. The maximum absolute atomic E-state index is 10.7. The zero-order valence-corrected chi connectivity index (χ0v) is 8.80. The van der Waals surface area contributed by atoms with Crippen LogP contribution in [0.3, 0.4) is 0 Å². The first-order chi connectivity index (χ1) is 7.67. The molecule has 1 saturated carbocycles. The van der Waals surface area contributed by atoms with Crippen LogP contribution >= 0.6 is 0 Å². The highest BCUT2D eigenvalue weighted by atomic mass is 16.5. The van der Waals surface area contributed by atoms with E-state index in [2.05, 4.69) is 0 Å². The van der Waals surface area contributed by atoms with Crippen molar-refractivity contribution in [2.45, 2.75) is 12.3 Å².